The van der Waals surface area contributed by atoms with Crippen molar-refractivity contribution in [1.82, 2.24) is 24.7 Å². The van der Waals surface area contributed by atoms with Gasteiger partial charge in [-0.3, -0.25) is 4.40 Å². The van der Waals surface area contributed by atoms with Gasteiger partial charge in [-0.15, -0.1) is 10.2 Å². The summed E-state index contributed by atoms with van der Waals surface area (Å²) in [6, 6.07) is 13.2. The predicted octanol–water partition coefficient (Wildman–Crippen LogP) is 3.26. The van der Waals surface area contributed by atoms with Gasteiger partial charge in [0.05, 0.1) is 6.54 Å². The molecule has 0 aliphatic rings. The van der Waals surface area contributed by atoms with Gasteiger partial charge in [0, 0.05) is 22.2 Å². The molecule has 0 bridgehead atoms. The zero-order valence-electron chi connectivity index (χ0n) is 12.3. The molecule has 0 amide bonds. The van der Waals surface area contributed by atoms with E-state index < -0.39 is 0 Å². The van der Waals surface area contributed by atoms with E-state index in [-0.39, 0.29) is 6.54 Å². The van der Waals surface area contributed by atoms with Crippen molar-refractivity contribution in [1.29, 1.82) is 0 Å². The van der Waals surface area contributed by atoms with E-state index in [9.17, 15) is 0 Å². The molecule has 4 aromatic rings. The minimum Gasteiger partial charge on any atom is -0.334 e. The lowest BCUT2D eigenvalue weighted by atomic mass is 10.2. The largest absolute Gasteiger partial charge is 0.334 e. The fraction of sp³-hybridized carbons (Fsp3) is 0.0667. The standard InChI is InChI=1S/C15H10N8O/c16-22-17-9-13-20-19-12-8-11(6-7-23(12)13)15-18-14(21-24-15)10-4-2-1-3-5-10/h1-8H,9H2. The molecule has 9 heteroatoms. The fourth-order valence-electron chi connectivity index (χ4n) is 2.32. The average molecular weight is 318 g/mol. The van der Waals surface area contributed by atoms with E-state index in [0.717, 1.165) is 11.1 Å². The predicted molar refractivity (Wildman–Crippen MR) is 84.6 cm³/mol. The van der Waals surface area contributed by atoms with Crippen LogP contribution in [0.2, 0.25) is 0 Å². The van der Waals surface area contributed by atoms with E-state index in [2.05, 4.69) is 30.4 Å². The maximum absolute atomic E-state index is 8.40. The first kappa shape index (κ1) is 13.9. The number of aromatic nitrogens is 5. The van der Waals surface area contributed by atoms with Gasteiger partial charge in [0.25, 0.3) is 5.89 Å². The van der Waals surface area contributed by atoms with Crippen molar-refractivity contribution in [3.8, 4) is 22.8 Å². The number of rotatable bonds is 4. The molecular weight excluding hydrogens is 308 g/mol. The smallest absolute Gasteiger partial charge is 0.258 e. The van der Waals surface area contributed by atoms with Crippen LogP contribution >= 0.6 is 0 Å². The molecule has 0 unspecified atom stereocenters. The van der Waals surface area contributed by atoms with Gasteiger partial charge in [-0.05, 0) is 17.7 Å². The van der Waals surface area contributed by atoms with Crippen molar-refractivity contribution in [3.05, 3.63) is 64.9 Å². The molecule has 1 aromatic carbocycles. The molecule has 3 aromatic heterocycles. The summed E-state index contributed by atoms with van der Waals surface area (Å²) in [7, 11) is 0. The highest BCUT2D eigenvalue weighted by molar-refractivity contribution is 5.62. The van der Waals surface area contributed by atoms with Gasteiger partial charge in [-0.1, -0.05) is 40.6 Å². The number of pyridine rings is 1. The molecule has 0 spiro atoms. The highest BCUT2D eigenvalue weighted by Crippen LogP contribution is 2.23. The van der Waals surface area contributed by atoms with Crippen LogP contribution in [0.15, 0.2) is 58.3 Å². The molecule has 4 rings (SSSR count). The molecule has 0 aliphatic heterocycles. The Kier molecular flexibility index (Phi) is 3.38. The second-order valence-electron chi connectivity index (χ2n) is 4.94. The Balaban J connectivity index is 1.70. The van der Waals surface area contributed by atoms with Gasteiger partial charge in [0.1, 0.15) is 5.82 Å². The fourth-order valence-corrected chi connectivity index (χ4v) is 2.32. The SMILES string of the molecule is [N-]=[N+]=NCc1nnc2cc(-c3nc(-c4ccccc4)no3)ccn12. The summed E-state index contributed by atoms with van der Waals surface area (Å²) in [4.78, 5) is 7.14. The maximum atomic E-state index is 8.40. The summed E-state index contributed by atoms with van der Waals surface area (Å²) >= 11 is 0. The monoisotopic (exact) mass is 318 g/mol. The van der Waals surface area contributed by atoms with Crippen molar-refractivity contribution < 1.29 is 4.52 Å². The molecule has 0 fully saturated rings. The first-order chi connectivity index (χ1) is 11.8. The van der Waals surface area contributed by atoms with Crippen molar-refractivity contribution in [3.63, 3.8) is 0 Å². The molecule has 0 saturated heterocycles. The van der Waals surface area contributed by atoms with Crippen LogP contribution < -0.4 is 0 Å². The van der Waals surface area contributed by atoms with E-state index in [1.54, 1.807) is 16.7 Å². The second-order valence-corrected chi connectivity index (χ2v) is 4.94. The van der Waals surface area contributed by atoms with Crippen LogP contribution in [-0.2, 0) is 6.54 Å². The van der Waals surface area contributed by atoms with E-state index in [0.29, 0.717) is 23.2 Å². The molecule has 3 heterocycles. The first-order valence-electron chi connectivity index (χ1n) is 7.09. The van der Waals surface area contributed by atoms with Crippen LogP contribution in [0.4, 0.5) is 0 Å². The Morgan fingerprint density at radius 2 is 2.00 bits per heavy atom. The molecule has 0 N–H and O–H groups in total. The number of fused-ring (bicyclic) bond motifs is 1. The summed E-state index contributed by atoms with van der Waals surface area (Å²) in [5, 5.41) is 15.6. The Morgan fingerprint density at radius 3 is 2.83 bits per heavy atom. The lowest BCUT2D eigenvalue weighted by Gasteiger charge is -1.98. The topological polar surface area (TPSA) is 118 Å². The number of nitrogens with zero attached hydrogens (tertiary/aromatic N) is 8. The Morgan fingerprint density at radius 1 is 1.12 bits per heavy atom. The highest BCUT2D eigenvalue weighted by Gasteiger charge is 2.12. The van der Waals surface area contributed by atoms with E-state index in [4.69, 9.17) is 10.1 Å². The van der Waals surface area contributed by atoms with Crippen LogP contribution in [0.25, 0.3) is 38.9 Å². The second kappa shape index (κ2) is 5.82. The van der Waals surface area contributed by atoms with E-state index in [1.807, 2.05) is 36.4 Å². The molecule has 0 atom stereocenters. The Hall–Kier alpha value is -3.71. The number of hydrogen-bond donors (Lipinski definition) is 0. The third-order valence-electron chi connectivity index (χ3n) is 3.46. The molecule has 9 nitrogen and oxygen atoms in total. The minimum absolute atomic E-state index is 0.135. The molecule has 0 radical (unpaired) electrons. The molecule has 24 heavy (non-hydrogen) atoms. The molecule has 116 valence electrons. The third kappa shape index (κ3) is 2.44. The van der Waals surface area contributed by atoms with E-state index in [1.165, 1.54) is 0 Å². The minimum atomic E-state index is 0.135. The Labute approximate surface area is 135 Å². The van der Waals surface area contributed by atoms with Crippen molar-refractivity contribution in [2.45, 2.75) is 6.54 Å². The van der Waals surface area contributed by atoms with Gasteiger partial charge in [0.15, 0.2) is 5.65 Å². The number of hydrogen-bond acceptors (Lipinski definition) is 6. The summed E-state index contributed by atoms with van der Waals surface area (Å²) in [5.74, 6) is 1.48. The van der Waals surface area contributed by atoms with Crippen molar-refractivity contribution in [2.24, 2.45) is 5.11 Å². The van der Waals surface area contributed by atoms with Gasteiger partial charge < -0.3 is 4.52 Å². The van der Waals surface area contributed by atoms with Crippen molar-refractivity contribution >= 4 is 5.65 Å². The first-order valence-corrected chi connectivity index (χ1v) is 7.09. The van der Waals surface area contributed by atoms with Crippen LogP contribution in [0.5, 0.6) is 0 Å². The lowest BCUT2D eigenvalue weighted by molar-refractivity contribution is 0.432. The van der Waals surface area contributed by atoms with Gasteiger partial charge in [-0.25, -0.2) is 0 Å². The van der Waals surface area contributed by atoms with Gasteiger partial charge in [0.2, 0.25) is 5.82 Å². The summed E-state index contributed by atoms with van der Waals surface area (Å²) < 4.78 is 7.08. The highest BCUT2D eigenvalue weighted by atomic mass is 16.5. The van der Waals surface area contributed by atoms with E-state index >= 15 is 0 Å². The molecular formula is C15H10N8O. The zero-order chi connectivity index (χ0) is 16.4. The van der Waals surface area contributed by atoms with Gasteiger partial charge in [-0.2, -0.15) is 4.98 Å². The quantitative estimate of drug-likeness (QED) is 0.325. The van der Waals surface area contributed by atoms with Crippen LogP contribution in [-0.4, -0.2) is 24.7 Å². The van der Waals surface area contributed by atoms with Crippen molar-refractivity contribution in [2.75, 3.05) is 0 Å². The van der Waals surface area contributed by atoms with Crippen LogP contribution in [0.3, 0.4) is 0 Å². The van der Waals surface area contributed by atoms with Crippen LogP contribution in [0.1, 0.15) is 5.82 Å². The summed E-state index contributed by atoms with van der Waals surface area (Å²) in [6.07, 6.45) is 1.78. The molecule has 0 aliphatic carbocycles. The summed E-state index contributed by atoms with van der Waals surface area (Å²) in [5.41, 5.74) is 10.6. The zero-order valence-corrected chi connectivity index (χ0v) is 12.3. The number of benzene rings is 1. The normalized spacial score (nSPS) is 10.7. The number of azide groups is 1. The summed E-state index contributed by atoms with van der Waals surface area (Å²) in [6.45, 7) is 0.135. The van der Waals surface area contributed by atoms with Crippen LogP contribution in [0, 0.1) is 0 Å². The van der Waals surface area contributed by atoms with Gasteiger partial charge >= 0.3 is 0 Å². The maximum Gasteiger partial charge on any atom is 0.258 e. The third-order valence-corrected chi connectivity index (χ3v) is 3.46. The lowest BCUT2D eigenvalue weighted by Crippen LogP contribution is -1.92. The molecule has 0 saturated carbocycles. The Bertz CT molecular complexity index is 1050. The average Bonchev–Trinajstić information content (AvgIpc) is 3.27.